The minimum Gasteiger partial charge on any atom is -0.457 e. The van der Waals surface area contributed by atoms with Gasteiger partial charge in [-0.2, -0.15) is 0 Å². The summed E-state index contributed by atoms with van der Waals surface area (Å²) in [5, 5.41) is 1.88. The van der Waals surface area contributed by atoms with Crippen LogP contribution >= 0.6 is 37.2 Å². The number of halogens is 3. The van der Waals surface area contributed by atoms with Crippen molar-refractivity contribution in [3.8, 4) is 45.3 Å². The molecule has 0 spiro atoms. The second-order valence-electron chi connectivity index (χ2n) is 20.3. The maximum absolute atomic E-state index is 6.42. The van der Waals surface area contributed by atoms with Gasteiger partial charge in [0.05, 0.1) is 10.8 Å². The predicted octanol–water partition coefficient (Wildman–Crippen LogP) is 11.7. The molecule has 75 heavy (non-hydrogen) atoms. The second-order valence-corrected chi connectivity index (χ2v) is 20.3. The first-order chi connectivity index (χ1) is 35.3. The van der Waals surface area contributed by atoms with Gasteiger partial charge < -0.3 is 39.9 Å². The van der Waals surface area contributed by atoms with Crippen LogP contribution in [0.1, 0.15) is 63.5 Å². The Labute approximate surface area is 459 Å². The number of hydrogen-bond donors (Lipinski definition) is 2. The molecule has 4 aromatic carbocycles. The molecule has 4 atom stereocenters. The smallest absolute Gasteiger partial charge is 0.146 e. The Morgan fingerprint density at radius 2 is 0.773 bits per heavy atom. The molecule has 2 saturated carbocycles. The molecule has 0 bridgehead atoms. The summed E-state index contributed by atoms with van der Waals surface area (Å²) in [4.78, 5) is 28.4. The fourth-order valence-electron chi connectivity index (χ4n) is 11.7. The molecule has 2 aliphatic heterocycles. The topological polar surface area (TPSA) is 145 Å². The van der Waals surface area contributed by atoms with E-state index in [9.17, 15) is 0 Å². The highest BCUT2D eigenvalue weighted by Gasteiger charge is 2.33. The molecule has 4 N–H and O–H groups in total. The van der Waals surface area contributed by atoms with E-state index < -0.39 is 0 Å². The van der Waals surface area contributed by atoms with E-state index in [4.69, 9.17) is 30.9 Å². The molecular weight excluding hydrogens is 1000 g/mol. The first-order valence-corrected chi connectivity index (χ1v) is 26.0. The SMILES string of the molecule is CN1CCN([C@@H]2CCC[C@H](n3cc(-c4ccc(Oc5ccccc5)cc4)c4c(N)ncnc43)C2)CC1.CN1CCN([C@H]2CCC[C@H](n3cc(-c4ccc(Oc5ccccc5)cc4)c4c(N)ncnc43)C2)CC1.Cl.Cl.Cl. The van der Waals surface area contributed by atoms with Crippen LogP contribution in [0, 0.1) is 0 Å². The summed E-state index contributed by atoms with van der Waals surface area (Å²) in [5.74, 6) is 4.33. The second kappa shape index (κ2) is 25.2. The van der Waals surface area contributed by atoms with Gasteiger partial charge in [0, 0.05) is 100 Å². The highest BCUT2D eigenvalue weighted by atomic mass is 35.5. The average Bonchev–Trinajstić information content (AvgIpc) is 4.02. The molecule has 0 amide bonds. The third-order valence-corrected chi connectivity index (χ3v) is 15.7. The summed E-state index contributed by atoms with van der Waals surface area (Å²) in [6, 6.07) is 38.2. The molecule has 6 heterocycles. The van der Waals surface area contributed by atoms with Crippen molar-refractivity contribution in [1.29, 1.82) is 0 Å². The standard InChI is InChI=1S/2C29H34N6O.3ClH/c2*1-33-14-16-34(17-15-33)22-6-5-7-23(18-22)35-19-26(27-28(30)31-20-32-29(27)35)21-10-12-25(13-11-21)36-24-8-3-2-4-9-24;;;/h2*2-4,8-13,19-20,22-23H,5-7,14-18H2,1H3,(H2,30,31,32);3*1H/t22-,23+;22-,23-;;;/m10.../s1. The van der Waals surface area contributed by atoms with Crippen LogP contribution < -0.4 is 20.9 Å². The molecule has 0 unspecified atom stereocenters. The lowest BCUT2D eigenvalue weighted by molar-refractivity contribution is 0.0791. The lowest BCUT2D eigenvalue weighted by Crippen LogP contribution is -2.50. The number of rotatable bonds is 10. The average molecular weight is 1070 g/mol. The summed E-state index contributed by atoms with van der Waals surface area (Å²) in [5.41, 5.74) is 19.1. The van der Waals surface area contributed by atoms with Crippen LogP contribution in [0.25, 0.3) is 44.3 Å². The fourth-order valence-corrected chi connectivity index (χ4v) is 11.7. The van der Waals surface area contributed by atoms with Gasteiger partial charge in [-0.1, -0.05) is 60.7 Å². The summed E-state index contributed by atoms with van der Waals surface area (Å²) >= 11 is 0. The van der Waals surface area contributed by atoms with Crippen molar-refractivity contribution in [2.24, 2.45) is 0 Å². The summed E-state index contributed by atoms with van der Waals surface area (Å²) < 4.78 is 16.7. The van der Waals surface area contributed by atoms with E-state index in [1.54, 1.807) is 12.7 Å². The first-order valence-electron chi connectivity index (χ1n) is 26.0. The van der Waals surface area contributed by atoms with Gasteiger partial charge in [-0.3, -0.25) is 9.80 Å². The molecule has 2 saturated heterocycles. The number of nitrogens with two attached hydrogens (primary N) is 2. The van der Waals surface area contributed by atoms with Gasteiger partial charge in [0.1, 0.15) is 58.6 Å². The Morgan fingerprint density at radius 3 is 1.15 bits per heavy atom. The van der Waals surface area contributed by atoms with Gasteiger partial charge in [-0.05, 0) is 125 Å². The number of fused-ring (bicyclic) bond motifs is 2. The monoisotopic (exact) mass is 1070 g/mol. The Balaban J connectivity index is 0.000000192. The number of anilines is 2. The van der Waals surface area contributed by atoms with E-state index in [0.29, 0.717) is 35.8 Å². The number of para-hydroxylation sites is 2. The Hall–Kier alpha value is -5.97. The highest BCUT2D eigenvalue weighted by Crippen LogP contribution is 2.42. The molecule has 14 nitrogen and oxygen atoms in total. The van der Waals surface area contributed by atoms with Crippen molar-refractivity contribution >= 4 is 70.9 Å². The van der Waals surface area contributed by atoms with E-state index in [-0.39, 0.29) is 37.2 Å². The third-order valence-electron chi connectivity index (χ3n) is 15.7. The zero-order chi connectivity index (χ0) is 49.0. The van der Waals surface area contributed by atoms with E-state index >= 15 is 0 Å². The van der Waals surface area contributed by atoms with Gasteiger partial charge in [-0.25, -0.2) is 19.9 Å². The minimum absolute atomic E-state index is 0. The van der Waals surface area contributed by atoms with Crippen LogP contribution in [0.15, 0.2) is 134 Å². The molecular formula is C58H71Cl3N12O2. The molecule has 4 fully saturated rings. The van der Waals surface area contributed by atoms with Gasteiger partial charge >= 0.3 is 0 Å². The third kappa shape index (κ3) is 12.5. The Bertz CT molecular complexity index is 2850. The van der Waals surface area contributed by atoms with E-state index in [1.807, 2.05) is 84.9 Å². The van der Waals surface area contributed by atoms with Crippen molar-refractivity contribution in [2.75, 3.05) is 77.9 Å². The molecule has 4 aliphatic rings. The maximum Gasteiger partial charge on any atom is 0.146 e. The number of ether oxygens (including phenoxy) is 2. The normalized spacial score (nSPS) is 20.7. The van der Waals surface area contributed by atoms with E-state index in [2.05, 4.69) is 89.5 Å². The lowest BCUT2D eigenvalue weighted by atomic mass is 9.89. The molecule has 396 valence electrons. The predicted molar refractivity (Wildman–Crippen MR) is 310 cm³/mol. The van der Waals surface area contributed by atoms with Crippen molar-refractivity contribution in [3.63, 3.8) is 0 Å². The number of likely N-dealkylation sites (N-methyl/N-ethyl adjacent to an activating group) is 2. The Kier molecular flexibility index (Phi) is 18.6. The van der Waals surface area contributed by atoms with Gasteiger partial charge in [0.15, 0.2) is 0 Å². The number of nitrogen functional groups attached to an aromatic ring is 2. The molecule has 0 radical (unpaired) electrons. The largest absolute Gasteiger partial charge is 0.457 e. The van der Waals surface area contributed by atoms with Crippen LogP contribution in [0.5, 0.6) is 23.0 Å². The maximum atomic E-state index is 6.42. The first kappa shape index (κ1) is 55.3. The van der Waals surface area contributed by atoms with Gasteiger partial charge in [0.25, 0.3) is 0 Å². The summed E-state index contributed by atoms with van der Waals surface area (Å²) in [6.45, 7) is 9.29. The van der Waals surface area contributed by atoms with Crippen LogP contribution in [0.3, 0.4) is 0 Å². The van der Waals surface area contributed by atoms with Crippen molar-refractivity contribution in [3.05, 3.63) is 134 Å². The van der Waals surface area contributed by atoms with Crippen molar-refractivity contribution < 1.29 is 9.47 Å². The number of aromatic nitrogens is 6. The molecule has 12 rings (SSSR count). The number of benzene rings is 4. The number of piperazine rings is 2. The molecule has 2 aliphatic carbocycles. The van der Waals surface area contributed by atoms with Crippen LogP contribution in [-0.4, -0.2) is 127 Å². The van der Waals surface area contributed by atoms with Gasteiger partial charge in [0.2, 0.25) is 0 Å². The van der Waals surface area contributed by atoms with Crippen molar-refractivity contribution in [1.82, 2.24) is 48.7 Å². The highest BCUT2D eigenvalue weighted by molar-refractivity contribution is 6.01. The molecule has 4 aromatic heterocycles. The Morgan fingerprint density at radius 1 is 0.427 bits per heavy atom. The van der Waals surface area contributed by atoms with Crippen LogP contribution in [-0.2, 0) is 0 Å². The van der Waals surface area contributed by atoms with E-state index in [0.717, 1.165) is 133 Å². The van der Waals surface area contributed by atoms with Crippen LogP contribution in [0.2, 0.25) is 0 Å². The van der Waals surface area contributed by atoms with E-state index in [1.165, 1.54) is 38.5 Å². The quantitative estimate of drug-likeness (QED) is 0.134. The molecule has 8 aromatic rings. The summed E-state index contributed by atoms with van der Waals surface area (Å²) in [7, 11) is 4.44. The summed E-state index contributed by atoms with van der Waals surface area (Å²) in [6.07, 6.45) is 17.4. The fraction of sp³-hybridized carbons (Fsp3) is 0.379. The number of nitrogens with zero attached hydrogens (tertiary/aromatic N) is 10. The zero-order valence-electron chi connectivity index (χ0n) is 43.0. The van der Waals surface area contributed by atoms with Crippen LogP contribution in [0.4, 0.5) is 11.6 Å². The van der Waals surface area contributed by atoms with Crippen molar-refractivity contribution in [2.45, 2.75) is 75.5 Å². The molecule has 17 heteroatoms. The minimum atomic E-state index is 0. The number of hydrogen-bond acceptors (Lipinski definition) is 12. The lowest BCUT2D eigenvalue weighted by Gasteiger charge is -2.42. The van der Waals surface area contributed by atoms with Gasteiger partial charge in [-0.15, -0.1) is 37.2 Å². The zero-order valence-corrected chi connectivity index (χ0v) is 45.4.